The summed E-state index contributed by atoms with van der Waals surface area (Å²) in [7, 11) is 0. The van der Waals surface area contributed by atoms with Crippen LogP contribution < -0.4 is 5.32 Å². The number of nitrogens with zero attached hydrogens (tertiary/aromatic N) is 1. The smallest absolute Gasteiger partial charge is 0.392 e. The van der Waals surface area contributed by atoms with Crippen molar-refractivity contribution in [3.63, 3.8) is 0 Å². The fourth-order valence-corrected chi connectivity index (χ4v) is 4.12. The third kappa shape index (κ3) is 6.45. The fraction of sp³-hybridized carbons (Fsp3) is 0.423. The Hall–Kier alpha value is -2.60. The molecule has 0 atom stereocenters. The largest absolute Gasteiger partial charge is 0.417 e. The van der Waals surface area contributed by atoms with Gasteiger partial charge in [0.15, 0.2) is 0 Å². The summed E-state index contributed by atoms with van der Waals surface area (Å²) >= 11 is 0. The minimum atomic E-state index is -4.49. The van der Waals surface area contributed by atoms with Crippen molar-refractivity contribution in [1.29, 1.82) is 0 Å². The number of aliphatic hydroxyl groups is 1. The molecule has 32 heavy (non-hydrogen) atoms. The van der Waals surface area contributed by atoms with E-state index in [9.17, 15) is 18.3 Å². The van der Waals surface area contributed by atoms with E-state index >= 15 is 0 Å². The van der Waals surface area contributed by atoms with E-state index in [1.165, 1.54) is 44.2 Å². The molecule has 3 nitrogen and oxygen atoms in total. The molecular formula is C26H31F3N2O. The summed E-state index contributed by atoms with van der Waals surface area (Å²) in [4.78, 5) is 4.57. The topological polar surface area (TPSA) is 44.6 Å². The zero-order valence-corrected chi connectivity index (χ0v) is 18.7. The zero-order chi connectivity index (χ0) is 23.1. The van der Waals surface area contributed by atoms with Gasteiger partial charge >= 0.3 is 6.18 Å². The summed E-state index contributed by atoms with van der Waals surface area (Å²) in [5.41, 5.74) is 1.69. The molecule has 6 heteroatoms. The number of hydrogen-bond donors (Lipinski definition) is 2. The van der Waals surface area contributed by atoms with Crippen molar-refractivity contribution in [1.82, 2.24) is 5.32 Å². The van der Waals surface area contributed by atoms with Crippen LogP contribution in [0, 0.1) is 5.92 Å². The van der Waals surface area contributed by atoms with Gasteiger partial charge in [-0.3, -0.25) is 4.99 Å². The van der Waals surface area contributed by atoms with Crippen molar-refractivity contribution in [2.24, 2.45) is 10.9 Å². The lowest BCUT2D eigenvalue weighted by molar-refractivity contribution is -0.137. The van der Waals surface area contributed by atoms with Gasteiger partial charge in [0.25, 0.3) is 0 Å². The second-order valence-electron chi connectivity index (χ2n) is 8.52. The van der Waals surface area contributed by atoms with Gasteiger partial charge in [-0.15, -0.1) is 0 Å². The molecule has 1 fully saturated rings. The first-order valence-corrected chi connectivity index (χ1v) is 11.1. The van der Waals surface area contributed by atoms with Crippen LogP contribution in [0.2, 0.25) is 0 Å². The maximum Gasteiger partial charge on any atom is 0.417 e. The predicted molar refractivity (Wildman–Crippen MR) is 124 cm³/mol. The monoisotopic (exact) mass is 444 g/mol. The predicted octanol–water partition coefficient (Wildman–Crippen LogP) is 6.81. The summed E-state index contributed by atoms with van der Waals surface area (Å²) in [5.74, 6) is 1.32. The standard InChI is InChI=1S/C26H31F3N2O/c1-18(15-30-19(2)31-16-20-7-4-3-5-8-20)24-12-11-23(14-25(24)26(27,28)29)22-10-6-9-21(13-22)17-32/h6,9-15,20,32H,3-5,7-8,16-17H2,1-2H3,(H,30,31)/b18-15+. The summed E-state index contributed by atoms with van der Waals surface area (Å²) < 4.78 is 41.6. The van der Waals surface area contributed by atoms with Crippen LogP contribution in [-0.2, 0) is 12.8 Å². The first-order valence-electron chi connectivity index (χ1n) is 11.1. The van der Waals surface area contributed by atoms with Gasteiger partial charge in [-0.1, -0.05) is 49.6 Å². The summed E-state index contributed by atoms with van der Waals surface area (Å²) in [6.45, 7) is 4.11. The van der Waals surface area contributed by atoms with E-state index in [0.29, 0.717) is 34.0 Å². The van der Waals surface area contributed by atoms with Crippen LogP contribution in [0.3, 0.4) is 0 Å². The van der Waals surface area contributed by atoms with Gasteiger partial charge < -0.3 is 10.4 Å². The molecule has 0 heterocycles. The Bertz CT molecular complexity index is 973. The maximum absolute atomic E-state index is 13.9. The average Bonchev–Trinajstić information content (AvgIpc) is 2.81. The van der Waals surface area contributed by atoms with Crippen LogP contribution in [0.25, 0.3) is 16.7 Å². The number of nitrogens with one attached hydrogen (secondary N) is 1. The van der Waals surface area contributed by atoms with E-state index in [0.717, 1.165) is 6.54 Å². The Balaban J connectivity index is 1.80. The summed E-state index contributed by atoms with van der Waals surface area (Å²) in [5, 5.41) is 12.4. The molecule has 0 radical (unpaired) electrons. The van der Waals surface area contributed by atoms with Gasteiger partial charge in [0, 0.05) is 12.7 Å². The molecule has 2 aromatic rings. The van der Waals surface area contributed by atoms with Crippen LogP contribution in [0.5, 0.6) is 0 Å². The molecule has 0 bridgehead atoms. The number of alkyl halides is 3. The highest BCUT2D eigenvalue weighted by molar-refractivity contribution is 5.82. The number of benzene rings is 2. The number of aliphatic hydroxyl groups excluding tert-OH is 1. The molecule has 0 unspecified atom stereocenters. The second kappa shape index (κ2) is 10.8. The van der Waals surface area contributed by atoms with Crippen LogP contribution in [0.15, 0.2) is 53.7 Å². The second-order valence-corrected chi connectivity index (χ2v) is 8.52. The molecule has 0 aromatic heterocycles. The highest BCUT2D eigenvalue weighted by Crippen LogP contribution is 2.37. The van der Waals surface area contributed by atoms with Crippen LogP contribution in [0.1, 0.15) is 62.6 Å². The van der Waals surface area contributed by atoms with Crippen LogP contribution in [-0.4, -0.2) is 17.5 Å². The van der Waals surface area contributed by atoms with E-state index in [1.807, 2.05) is 6.92 Å². The van der Waals surface area contributed by atoms with E-state index in [4.69, 9.17) is 0 Å². The van der Waals surface area contributed by atoms with Crippen molar-refractivity contribution >= 4 is 11.4 Å². The SMILES string of the molecule is CC(=NCC1CCCCC1)N/C=C(\C)c1ccc(-c2cccc(CO)c2)cc1C(F)(F)F. The molecular weight excluding hydrogens is 413 g/mol. The van der Waals surface area contributed by atoms with Gasteiger partial charge in [-0.2, -0.15) is 13.2 Å². The van der Waals surface area contributed by atoms with E-state index in [1.54, 1.807) is 43.5 Å². The highest BCUT2D eigenvalue weighted by atomic mass is 19.4. The molecule has 1 aliphatic rings. The van der Waals surface area contributed by atoms with Gasteiger partial charge in [0.1, 0.15) is 0 Å². The number of allylic oxidation sites excluding steroid dienone is 1. The number of rotatable bonds is 6. The highest BCUT2D eigenvalue weighted by Gasteiger charge is 2.34. The lowest BCUT2D eigenvalue weighted by Crippen LogP contribution is -2.17. The first-order chi connectivity index (χ1) is 15.3. The number of amidine groups is 1. The number of hydrogen-bond acceptors (Lipinski definition) is 2. The van der Waals surface area contributed by atoms with Gasteiger partial charge in [0.2, 0.25) is 0 Å². The Kier molecular flexibility index (Phi) is 8.13. The van der Waals surface area contributed by atoms with Crippen molar-refractivity contribution in [3.8, 4) is 11.1 Å². The van der Waals surface area contributed by atoms with Gasteiger partial charge in [-0.05, 0) is 72.6 Å². The summed E-state index contributed by atoms with van der Waals surface area (Å²) in [6.07, 6.45) is 3.32. The van der Waals surface area contributed by atoms with Gasteiger partial charge in [-0.25, -0.2) is 0 Å². The van der Waals surface area contributed by atoms with Crippen molar-refractivity contribution < 1.29 is 18.3 Å². The molecule has 2 N–H and O–H groups in total. The van der Waals surface area contributed by atoms with E-state index in [-0.39, 0.29) is 12.2 Å². The van der Waals surface area contributed by atoms with Crippen LogP contribution >= 0.6 is 0 Å². The normalized spacial score (nSPS) is 16.3. The maximum atomic E-state index is 13.9. The zero-order valence-electron chi connectivity index (χ0n) is 18.7. The molecule has 0 saturated heterocycles. The van der Waals surface area contributed by atoms with Crippen molar-refractivity contribution in [3.05, 3.63) is 65.4 Å². The molecule has 172 valence electrons. The minimum absolute atomic E-state index is 0.132. The lowest BCUT2D eigenvalue weighted by Gasteiger charge is -2.19. The fourth-order valence-electron chi connectivity index (χ4n) is 4.12. The molecule has 3 rings (SSSR count). The van der Waals surface area contributed by atoms with Gasteiger partial charge in [0.05, 0.1) is 18.0 Å². The Morgan fingerprint density at radius 1 is 1.06 bits per heavy atom. The molecule has 2 aromatic carbocycles. The van der Waals surface area contributed by atoms with Crippen LogP contribution in [0.4, 0.5) is 13.2 Å². The molecule has 0 aliphatic heterocycles. The minimum Gasteiger partial charge on any atom is -0.392 e. The quantitative estimate of drug-likeness (QED) is 0.380. The third-order valence-corrected chi connectivity index (χ3v) is 6.00. The molecule has 1 aliphatic carbocycles. The molecule has 0 amide bonds. The van der Waals surface area contributed by atoms with E-state index in [2.05, 4.69) is 10.3 Å². The van der Waals surface area contributed by atoms with E-state index < -0.39 is 11.7 Å². The Morgan fingerprint density at radius 3 is 2.47 bits per heavy atom. The van der Waals surface area contributed by atoms with Crippen molar-refractivity contribution in [2.45, 2.75) is 58.7 Å². The number of aliphatic imine (C=N–C) groups is 1. The van der Waals surface area contributed by atoms with Crippen molar-refractivity contribution in [2.75, 3.05) is 6.54 Å². The summed E-state index contributed by atoms with van der Waals surface area (Å²) in [6, 6.07) is 11.3. The lowest BCUT2D eigenvalue weighted by atomic mass is 9.89. The molecule has 0 spiro atoms. The average molecular weight is 445 g/mol. The Morgan fingerprint density at radius 2 is 1.78 bits per heavy atom. The first kappa shape index (κ1) is 24.1. The third-order valence-electron chi connectivity index (χ3n) is 6.00. The Labute approximate surface area is 188 Å². The molecule has 1 saturated carbocycles. The number of halogens is 3.